The summed E-state index contributed by atoms with van der Waals surface area (Å²) in [4.78, 5) is 29.9. The van der Waals surface area contributed by atoms with Crippen molar-refractivity contribution >= 4 is 17.5 Å². The fraction of sp³-hybridized carbons (Fsp3) is 0.409. The molecule has 1 aromatic heterocycles. The Kier molecular flexibility index (Phi) is 4.48. The number of hydrogen-bond acceptors (Lipinski definition) is 6. The van der Waals surface area contributed by atoms with Gasteiger partial charge in [-0.2, -0.15) is 0 Å². The summed E-state index contributed by atoms with van der Waals surface area (Å²) in [6.45, 7) is 0.757. The van der Waals surface area contributed by atoms with Gasteiger partial charge in [-0.05, 0) is 24.1 Å². The summed E-state index contributed by atoms with van der Waals surface area (Å²) < 4.78 is 11.3. The third-order valence-electron chi connectivity index (χ3n) is 6.29. The van der Waals surface area contributed by atoms with Gasteiger partial charge in [0.2, 0.25) is 11.8 Å². The molecule has 2 amide bonds. The van der Waals surface area contributed by atoms with Gasteiger partial charge in [-0.1, -0.05) is 29.4 Å². The van der Waals surface area contributed by atoms with Gasteiger partial charge in [-0.3, -0.25) is 9.59 Å². The molecular weight excluding hydrogens is 386 g/mol. The maximum absolute atomic E-state index is 13.4. The molecule has 8 nitrogen and oxygen atoms in total. The molecule has 4 heterocycles. The summed E-state index contributed by atoms with van der Waals surface area (Å²) in [6.07, 6.45) is 5.57. The van der Waals surface area contributed by atoms with Gasteiger partial charge in [0.1, 0.15) is 5.60 Å². The standard InChI is InChI=1S/C22H23N3O5/c1-24(12-16-7-10-23-30-16)20(27)18-17-6-9-22(29-17)13-25(21(28)19(18)22)15-4-2-14(3-5-15)8-11-26/h2-7,9-10,17-19,26H,8,11-13H2,1H3/t17-,18+,19+,22-/m0/s1. The summed E-state index contributed by atoms with van der Waals surface area (Å²) in [6, 6.07) is 9.29. The number of ether oxygens (including phenoxy) is 1. The fourth-order valence-electron chi connectivity index (χ4n) is 4.86. The predicted octanol–water partition coefficient (Wildman–Crippen LogP) is 1.15. The normalized spacial score (nSPS) is 28.9. The van der Waals surface area contributed by atoms with Crippen LogP contribution >= 0.6 is 0 Å². The van der Waals surface area contributed by atoms with Crippen LogP contribution in [0.3, 0.4) is 0 Å². The predicted molar refractivity (Wildman–Crippen MR) is 106 cm³/mol. The van der Waals surface area contributed by atoms with Crippen molar-refractivity contribution in [3.8, 4) is 0 Å². The van der Waals surface area contributed by atoms with Crippen molar-refractivity contribution in [2.45, 2.75) is 24.7 Å². The van der Waals surface area contributed by atoms with E-state index < -0.39 is 23.5 Å². The van der Waals surface area contributed by atoms with Crippen molar-refractivity contribution in [3.05, 3.63) is 60.0 Å². The van der Waals surface area contributed by atoms with Crippen LogP contribution < -0.4 is 4.90 Å². The molecule has 0 aliphatic carbocycles. The molecule has 3 aliphatic heterocycles. The van der Waals surface area contributed by atoms with Gasteiger partial charge >= 0.3 is 0 Å². The Hall–Kier alpha value is -2.97. The van der Waals surface area contributed by atoms with Crippen LogP contribution in [0.15, 0.2) is 53.2 Å². The number of hydrogen-bond donors (Lipinski definition) is 1. The number of aliphatic hydroxyl groups is 1. The molecule has 1 N–H and O–H groups in total. The zero-order chi connectivity index (χ0) is 20.9. The van der Waals surface area contributed by atoms with E-state index in [9.17, 15) is 9.59 Å². The number of nitrogens with zero attached hydrogens (tertiary/aromatic N) is 3. The van der Waals surface area contributed by atoms with Gasteiger partial charge in [0, 0.05) is 25.4 Å². The van der Waals surface area contributed by atoms with E-state index in [4.69, 9.17) is 14.4 Å². The number of rotatable bonds is 6. The number of aliphatic hydroxyl groups excluding tert-OH is 1. The highest BCUT2D eigenvalue weighted by molar-refractivity contribution is 6.03. The molecule has 5 rings (SSSR count). The second-order valence-electron chi connectivity index (χ2n) is 8.14. The second kappa shape index (κ2) is 7.07. The van der Waals surface area contributed by atoms with Crippen molar-refractivity contribution in [1.29, 1.82) is 0 Å². The van der Waals surface area contributed by atoms with E-state index in [1.54, 1.807) is 22.9 Å². The molecule has 0 saturated carbocycles. The van der Waals surface area contributed by atoms with Crippen LogP contribution in [0, 0.1) is 11.8 Å². The van der Waals surface area contributed by atoms with Crippen molar-refractivity contribution in [2.24, 2.45) is 11.8 Å². The Morgan fingerprint density at radius 1 is 1.33 bits per heavy atom. The molecule has 1 aromatic carbocycles. The van der Waals surface area contributed by atoms with Crippen LogP contribution in [0.2, 0.25) is 0 Å². The number of aromatic nitrogens is 1. The Bertz CT molecular complexity index is 987. The maximum atomic E-state index is 13.4. The van der Waals surface area contributed by atoms with Gasteiger partial charge < -0.3 is 24.2 Å². The van der Waals surface area contributed by atoms with Crippen LogP contribution in [0.1, 0.15) is 11.3 Å². The first-order chi connectivity index (χ1) is 14.5. The molecule has 2 bridgehead atoms. The van der Waals surface area contributed by atoms with E-state index in [1.807, 2.05) is 36.4 Å². The molecule has 1 spiro atoms. The number of benzene rings is 1. The smallest absolute Gasteiger partial charge is 0.234 e. The summed E-state index contributed by atoms with van der Waals surface area (Å²) in [5.41, 5.74) is 1.01. The van der Waals surface area contributed by atoms with E-state index in [0.29, 0.717) is 18.7 Å². The van der Waals surface area contributed by atoms with Crippen LogP contribution in [0.4, 0.5) is 5.69 Å². The second-order valence-corrected chi connectivity index (χ2v) is 8.14. The Morgan fingerprint density at radius 3 is 2.83 bits per heavy atom. The molecule has 30 heavy (non-hydrogen) atoms. The zero-order valence-corrected chi connectivity index (χ0v) is 16.6. The number of amides is 2. The molecule has 4 atom stereocenters. The minimum atomic E-state index is -0.765. The highest BCUT2D eigenvalue weighted by Crippen LogP contribution is 2.53. The third-order valence-corrected chi connectivity index (χ3v) is 6.29. The van der Waals surface area contributed by atoms with Gasteiger partial charge in [-0.15, -0.1) is 0 Å². The molecular formula is C22H23N3O5. The number of carbonyl (C=O) groups excluding carboxylic acids is 2. The lowest BCUT2D eigenvalue weighted by atomic mass is 9.76. The fourth-order valence-corrected chi connectivity index (χ4v) is 4.86. The topological polar surface area (TPSA) is 96.1 Å². The summed E-state index contributed by atoms with van der Waals surface area (Å²) >= 11 is 0. The summed E-state index contributed by atoms with van der Waals surface area (Å²) in [7, 11) is 1.70. The maximum Gasteiger partial charge on any atom is 0.234 e. The lowest BCUT2D eigenvalue weighted by Crippen LogP contribution is -2.44. The van der Waals surface area contributed by atoms with Gasteiger partial charge in [0.15, 0.2) is 5.76 Å². The SMILES string of the molecule is CN(Cc1ccno1)C(=O)[C@@H]1[C@@H]2C=C[C@@]3(CN(c4ccc(CCO)cc4)C(=O)[C@@H]13)O2. The minimum Gasteiger partial charge on any atom is -0.396 e. The molecule has 3 aliphatic rings. The van der Waals surface area contributed by atoms with Crippen molar-refractivity contribution in [3.63, 3.8) is 0 Å². The molecule has 2 aromatic rings. The Labute approximate surface area is 173 Å². The molecule has 2 saturated heterocycles. The monoisotopic (exact) mass is 409 g/mol. The highest BCUT2D eigenvalue weighted by Gasteiger charge is 2.67. The summed E-state index contributed by atoms with van der Waals surface area (Å²) in [5.74, 6) is -0.754. The lowest BCUT2D eigenvalue weighted by Gasteiger charge is -2.27. The highest BCUT2D eigenvalue weighted by atomic mass is 16.5. The van der Waals surface area contributed by atoms with E-state index >= 15 is 0 Å². The summed E-state index contributed by atoms with van der Waals surface area (Å²) in [5, 5.41) is 12.8. The average molecular weight is 409 g/mol. The third kappa shape index (κ3) is 2.86. The first kappa shape index (κ1) is 19.0. The largest absolute Gasteiger partial charge is 0.396 e. The van der Waals surface area contributed by atoms with Crippen LogP contribution in [-0.4, -0.2) is 58.9 Å². The van der Waals surface area contributed by atoms with Crippen molar-refractivity contribution in [1.82, 2.24) is 10.1 Å². The minimum absolute atomic E-state index is 0.0819. The van der Waals surface area contributed by atoms with Gasteiger partial charge in [0.25, 0.3) is 0 Å². The van der Waals surface area contributed by atoms with Gasteiger partial charge in [0.05, 0.1) is 37.2 Å². The molecule has 0 radical (unpaired) electrons. The lowest BCUT2D eigenvalue weighted by molar-refractivity contribution is -0.139. The number of carbonyl (C=O) groups is 2. The number of anilines is 1. The first-order valence-corrected chi connectivity index (χ1v) is 10.1. The first-order valence-electron chi connectivity index (χ1n) is 10.1. The number of fused-ring (bicyclic) bond motifs is 1. The Balaban J connectivity index is 1.39. The van der Waals surface area contributed by atoms with Crippen molar-refractivity contribution in [2.75, 3.05) is 25.1 Å². The van der Waals surface area contributed by atoms with E-state index in [1.165, 1.54) is 6.20 Å². The average Bonchev–Trinajstić information content (AvgIpc) is 3.51. The molecule has 2 fully saturated rings. The molecule has 156 valence electrons. The van der Waals surface area contributed by atoms with Crippen LogP contribution in [0.25, 0.3) is 0 Å². The van der Waals surface area contributed by atoms with Crippen molar-refractivity contribution < 1.29 is 24.0 Å². The zero-order valence-electron chi connectivity index (χ0n) is 16.6. The van der Waals surface area contributed by atoms with E-state index in [2.05, 4.69) is 5.16 Å². The van der Waals surface area contributed by atoms with E-state index in [0.717, 1.165) is 11.3 Å². The Morgan fingerprint density at radius 2 is 2.13 bits per heavy atom. The van der Waals surface area contributed by atoms with Gasteiger partial charge in [-0.25, -0.2) is 0 Å². The van der Waals surface area contributed by atoms with Crippen LogP contribution in [0.5, 0.6) is 0 Å². The van der Waals surface area contributed by atoms with E-state index in [-0.39, 0.29) is 25.0 Å². The quantitative estimate of drug-likeness (QED) is 0.720. The van der Waals surface area contributed by atoms with Crippen LogP contribution in [-0.2, 0) is 27.3 Å². The molecule has 0 unspecified atom stereocenters. The molecule has 8 heteroatoms.